The molecule has 9 nitrogen and oxygen atoms in total. The highest BCUT2D eigenvalue weighted by molar-refractivity contribution is 7.13. The number of methoxy groups -OCH3 is 1. The van der Waals surface area contributed by atoms with Crippen molar-refractivity contribution >= 4 is 23.0 Å². The molecule has 156 valence electrons. The van der Waals surface area contributed by atoms with E-state index < -0.39 is 0 Å². The van der Waals surface area contributed by atoms with Crippen molar-refractivity contribution in [2.75, 3.05) is 7.11 Å². The van der Waals surface area contributed by atoms with Crippen molar-refractivity contribution in [3.05, 3.63) is 71.5 Å². The molecule has 31 heavy (non-hydrogen) atoms. The van der Waals surface area contributed by atoms with Crippen LogP contribution in [0.2, 0.25) is 0 Å². The minimum absolute atomic E-state index is 0.0744. The minimum Gasteiger partial charge on any atom is -0.497 e. The molecule has 0 fully saturated rings. The fourth-order valence-corrected chi connectivity index (χ4v) is 4.06. The van der Waals surface area contributed by atoms with Gasteiger partial charge in [0.1, 0.15) is 24.1 Å². The lowest BCUT2D eigenvalue weighted by atomic mass is 10.0. The molecule has 0 bridgehead atoms. The Bertz CT molecular complexity index is 1200. The molecule has 1 aliphatic rings. The largest absolute Gasteiger partial charge is 0.497 e. The number of hydrogen-bond donors (Lipinski definition) is 0. The number of hydrazone groups is 1. The van der Waals surface area contributed by atoms with E-state index in [0.29, 0.717) is 18.0 Å². The molecule has 4 aromatic rings. The summed E-state index contributed by atoms with van der Waals surface area (Å²) in [7, 11) is 1.62. The molecular weight excluding hydrogens is 416 g/mol. The van der Waals surface area contributed by atoms with Crippen LogP contribution in [-0.4, -0.2) is 43.9 Å². The molecule has 10 heteroatoms. The molecule has 0 N–H and O–H groups in total. The Hall–Kier alpha value is -3.79. The SMILES string of the molecule is COc1ccc(C2=NN(C(=O)Cn3nnc(-c4cccs4)n3)[C@H](c3ccco3)C2)cc1. The lowest BCUT2D eigenvalue weighted by Crippen LogP contribution is -2.31. The molecule has 5 rings (SSSR count). The van der Waals surface area contributed by atoms with Crippen LogP contribution in [0.25, 0.3) is 10.7 Å². The van der Waals surface area contributed by atoms with E-state index in [1.807, 2.05) is 47.8 Å². The van der Waals surface area contributed by atoms with Crippen molar-refractivity contribution in [1.82, 2.24) is 25.2 Å². The van der Waals surface area contributed by atoms with E-state index in [1.54, 1.807) is 19.4 Å². The molecule has 0 unspecified atom stereocenters. The maximum absolute atomic E-state index is 13.1. The summed E-state index contributed by atoms with van der Waals surface area (Å²) in [5.41, 5.74) is 1.72. The first-order valence-electron chi connectivity index (χ1n) is 9.60. The number of ether oxygens (including phenoxy) is 1. The van der Waals surface area contributed by atoms with Gasteiger partial charge in [-0.05, 0) is 58.6 Å². The van der Waals surface area contributed by atoms with Gasteiger partial charge in [0, 0.05) is 6.42 Å². The first kappa shape index (κ1) is 19.2. The van der Waals surface area contributed by atoms with E-state index in [1.165, 1.54) is 21.1 Å². The fraction of sp³-hybridized carbons (Fsp3) is 0.190. The van der Waals surface area contributed by atoms with Crippen molar-refractivity contribution in [2.45, 2.75) is 19.0 Å². The van der Waals surface area contributed by atoms with Crippen molar-refractivity contribution < 1.29 is 13.9 Å². The van der Waals surface area contributed by atoms with Gasteiger partial charge in [0.25, 0.3) is 5.91 Å². The molecule has 3 aromatic heterocycles. The predicted octanol–water partition coefficient (Wildman–Crippen LogP) is 3.38. The maximum Gasteiger partial charge on any atom is 0.267 e. The highest BCUT2D eigenvalue weighted by Crippen LogP contribution is 2.33. The summed E-state index contributed by atoms with van der Waals surface area (Å²) in [6.45, 7) is -0.0744. The van der Waals surface area contributed by atoms with Crippen LogP contribution in [0.5, 0.6) is 5.75 Å². The molecule has 0 aliphatic carbocycles. The zero-order chi connectivity index (χ0) is 21.2. The monoisotopic (exact) mass is 434 g/mol. The third-order valence-corrected chi connectivity index (χ3v) is 5.80. The van der Waals surface area contributed by atoms with Crippen LogP contribution in [0.15, 0.2) is 69.7 Å². The van der Waals surface area contributed by atoms with Crippen LogP contribution < -0.4 is 4.74 Å². The summed E-state index contributed by atoms with van der Waals surface area (Å²) in [5.74, 6) is 1.68. The van der Waals surface area contributed by atoms with Gasteiger partial charge >= 0.3 is 0 Å². The third kappa shape index (κ3) is 3.84. The maximum atomic E-state index is 13.1. The predicted molar refractivity (Wildman–Crippen MR) is 114 cm³/mol. The molecule has 0 spiro atoms. The van der Waals surface area contributed by atoms with Gasteiger partial charge in [-0.1, -0.05) is 6.07 Å². The lowest BCUT2D eigenvalue weighted by Gasteiger charge is -2.19. The summed E-state index contributed by atoms with van der Waals surface area (Å²) >= 11 is 1.52. The fourth-order valence-electron chi connectivity index (χ4n) is 3.41. The van der Waals surface area contributed by atoms with Crippen molar-refractivity contribution in [2.24, 2.45) is 5.10 Å². The number of hydrogen-bond acceptors (Lipinski definition) is 8. The standard InChI is InChI=1S/C21H18N6O3S/c1-29-15-8-6-14(7-9-15)16-12-17(18-4-2-10-30-18)27(23-16)20(28)13-26-24-21(22-25-26)19-5-3-11-31-19/h2-11,17H,12-13H2,1H3/t17-/m0/s1. The average Bonchev–Trinajstić information content (AvgIpc) is 3.59. The number of carbonyl (C=O) groups is 1. The van der Waals surface area contributed by atoms with Crippen LogP contribution >= 0.6 is 11.3 Å². The van der Waals surface area contributed by atoms with Gasteiger partial charge in [-0.2, -0.15) is 9.90 Å². The summed E-state index contributed by atoms with van der Waals surface area (Å²) in [6, 6.07) is 14.7. The highest BCUT2D eigenvalue weighted by Gasteiger charge is 2.35. The molecule has 4 heterocycles. The second-order valence-corrected chi connectivity index (χ2v) is 7.82. The van der Waals surface area contributed by atoms with Gasteiger partial charge in [0.2, 0.25) is 5.82 Å². The molecule has 1 aromatic carbocycles. The van der Waals surface area contributed by atoms with Gasteiger partial charge in [-0.25, -0.2) is 5.01 Å². The Kier molecular flexibility index (Phi) is 5.04. The summed E-state index contributed by atoms with van der Waals surface area (Å²) in [5, 5.41) is 20.4. The number of tetrazole rings is 1. The van der Waals surface area contributed by atoms with E-state index in [0.717, 1.165) is 21.9 Å². The number of amides is 1. The number of thiophene rings is 1. The quantitative estimate of drug-likeness (QED) is 0.461. The Morgan fingerprint density at radius 1 is 1.23 bits per heavy atom. The molecule has 1 atom stereocenters. The second kappa shape index (κ2) is 8.15. The van der Waals surface area contributed by atoms with E-state index in [9.17, 15) is 4.79 Å². The Morgan fingerprint density at radius 3 is 2.81 bits per heavy atom. The topological polar surface area (TPSA) is 98.6 Å². The Labute approximate surface area is 181 Å². The van der Waals surface area contributed by atoms with Crippen molar-refractivity contribution in [3.63, 3.8) is 0 Å². The van der Waals surface area contributed by atoms with Crippen molar-refractivity contribution in [1.29, 1.82) is 0 Å². The van der Waals surface area contributed by atoms with Gasteiger partial charge < -0.3 is 9.15 Å². The van der Waals surface area contributed by atoms with Crippen LogP contribution in [0.4, 0.5) is 0 Å². The Balaban J connectivity index is 1.39. The zero-order valence-electron chi connectivity index (χ0n) is 16.6. The lowest BCUT2D eigenvalue weighted by molar-refractivity contribution is -0.134. The molecular formula is C21H18N6O3S. The van der Waals surface area contributed by atoms with E-state index >= 15 is 0 Å². The van der Waals surface area contributed by atoms with Gasteiger partial charge in [-0.3, -0.25) is 4.79 Å². The minimum atomic E-state index is -0.333. The first-order valence-corrected chi connectivity index (χ1v) is 10.5. The number of carbonyl (C=O) groups excluding carboxylic acids is 1. The number of rotatable bonds is 6. The third-order valence-electron chi connectivity index (χ3n) is 4.93. The second-order valence-electron chi connectivity index (χ2n) is 6.87. The van der Waals surface area contributed by atoms with Crippen LogP contribution in [-0.2, 0) is 11.3 Å². The number of aromatic nitrogens is 4. The number of benzene rings is 1. The molecule has 0 radical (unpaired) electrons. The average molecular weight is 434 g/mol. The first-order chi connectivity index (χ1) is 15.2. The van der Waals surface area contributed by atoms with Gasteiger partial charge in [0.15, 0.2) is 0 Å². The molecule has 1 aliphatic heterocycles. The molecule has 0 saturated carbocycles. The molecule has 1 amide bonds. The van der Waals surface area contributed by atoms with Gasteiger partial charge in [0.05, 0.1) is 24.0 Å². The van der Waals surface area contributed by atoms with E-state index in [4.69, 9.17) is 9.15 Å². The Morgan fingerprint density at radius 2 is 2.10 bits per heavy atom. The van der Waals surface area contributed by atoms with Gasteiger partial charge in [-0.15, -0.1) is 21.5 Å². The van der Waals surface area contributed by atoms with Crippen LogP contribution in [0, 0.1) is 0 Å². The van der Waals surface area contributed by atoms with Crippen molar-refractivity contribution in [3.8, 4) is 16.5 Å². The smallest absolute Gasteiger partial charge is 0.267 e. The van der Waals surface area contributed by atoms with E-state index in [2.05, 4.69) is 20.5 Å². The summed E-state index contributed by atoms with van der Waals surface area (Å²) in [4.78, 5) is 15.3. The highest BCUT2D eigenvalue weighted by atomic mass is 32.1. The number of nitrogens with zero attached hydrogens (tertiary/aromatic N) is 6. The van der Waals surface area contributed by atoms with E-state index in [-0.39, 0.29) is 18.5 Å². The summed E-state index contributed by atoms with van der Waals surface area (Å²) < 4.78 is 10.8. The molecule has 0 saturated heterocycles. The summed E-state index contributed by atoms with van der Waals surface area (Å²) in [6.07, 6.45) is 2.13. The van der Waals surface area contributed by atoms with Crippen LogP contribution in [0.3, 0.4) is 0 Å². The number of furan rings is 1. The zero-order valence-corrected chi connectivity index (χ0v) is 17.4. The normalized spacial score (nSPS) is 15.8. The van der Waals surface area contributed by atoms with Crippen LogP contribution in [0.1, 0.15) is 23.8 Å².